The number of fused-ring (bicyclic) bond motifs is 2. The van der Waals surface area contributed by atoms with Crippen LogP contribution in [-0.4, -0.2) is 12.3 Å². The quantitative estimate of drug-likeness (QED) is 0.209. The van der Waals surface area contributed by atoms with E-state index in [1.807, 2.05) is 0 Å². The first kappa shape index (κ1) is 25.0. The predicted molar refractivity (Wildman–Crippen MR) is 165 cm³/mol. The van der Waals surface area contributed by atoms with Gasteiger partial charge in [0.15, 0.2) is 0 Å². The zero-order valence-corrected chi connectivity index (χ0v) is 23.9. The van der Waals surface area contributed by atoms with Crippen molar-refractivity contribution in [3.05, 3.63) is 121 Å². The van der Waals surface area contributed by atoms with Gasteiger partial charge in [0.05, 0.1) is 0 Å². The van der Waals surface area contributed by atoms with Crippen LogP contribution in [0.1, 0.15) is 33.1 Å². The standard InChI is InChI=1S/C35H38P2/c1-28-25-29-23-24-35(28,27-37(32-19-11-5-12-20-32)33-21-13-6-14-22-33)34(29,2)26-36(30-15-7-3-8-16-30)31-17-9-4-10-18-31/h3-22,28-29H,23-27H2,1-2H3/t28-,29-,34+,35+/m1/s1. The molecule has 2 aliphatic rings. The second kappa shape index (κ2) is 10.5. The Balaban J connectivity index is 1.42. The van der Waals surface area contributed by atoms with Gasteiger partial charge in [-0.3, -0.25) is 0 Å². The molecule has 2 aliphatic carbocycles. The van der Waals surface area contributed by atoms with Crippen molar-refractivity contribution in [2.24, 2.45) is 22.7 Å². The number of benzene rings is 4. The molecule has 2 fully saturated rings. The molecule has 0 unspecified atom stereocenters. The van der Waals surface area contributed by atoms with Gasteiger partial charge < -0.3 is 0 Å². The molecule has 0 heterocycles. The molecule has 2 saturated carbocycles. The topological polar surface area (TPSA) is 0 Å². The lowest BCUT2D eigenvalue weighted by molar-refractivity contribution is 0.121. The molecule has 37 heavy (non-hydrogen) atoms. The van der Waals surface area contributed by atoms with Gasteiger partial charge in [0, 0.05) is 0 Å². The van der Waals surface area contributed by atoms with Crippen LogP contribution in [0.25, 0.3) is 0 Å². The first-order chi connectivity index (χ1) is 18.1. The summed E-state index contributed by atoms with van der Waals surface area (Å²) in [6.45, 7) is 5.30. The van der Waals surface area contributed by atoms with Crippen LogP contribution in [0.2, 0.25) is 0 Å². The molecule has 188 valence electrons. The normalized spacial score (nSPS) is 26.7. The highest BCUT2D eigenvalue weighted by molar-refractivity contribution is 7.73. The van der Waals surface area contributed by atoms with Gasteiger partial charge >= 0.3 is 0 Å². The minimum absolute atomic E-state index is 0.355. The fourth-order valence-corrected chi connectivity index (χ4v) is 13.8. The maximum absolute atomic E-state index is 2.71. The SMILES string of the molecule is C[C@@H]1C[C@H]2CC[C@@]1(CP(c1ccccc1)c1ccccc1)[C@@]2(C)CP(c1ccccc1)c1ccccc1. The average molecular weight is 521 g/mol. The Morgan fingerprint density at radius 3 is 1.35 bits per heavy atom. The van der Waals surface area contributed by atoms with Gasteiger partial charge in [0.1, 0.15) is 0 Å². The lowest BCUT2D eigenvalue weighted by Gasteiger charge is -2.47. The fourth-order valence-electron chi connectivity index (χ4n) is 7.69. The summed E-state index contributed by atoms with van der Waals surface area (Å²) in [5.41, 5.74) is 0.743. The number of rotatable bonds is 8. The Morgan fingerprint density at radius 1 is 0.595 bits per heavy atom. The van der Waals surface area contributed by atoms with E-state index in [0.29, 0.717) is 10.8 Å². The monoisotopic (exact) mass is 520 g/mol. The summed E-state index contributed by atoms with van der Waals surface area (Å²) in [5, 5.41) is 6.15. The second-order valence-electron chi connectivity index (χ2n) is 11.5. The van der Waals surface area contributed by atoms with E-state index in [4.69, 9.17) is 0 Å². The van der Waals surface area contributed by atoms with Gasteiger partial charge in [-0.25, -0.2) is 0 Å². The molecule has 0 amide bonds. The number of hydrogen-bond acceptors (Lipinski definition) is 0. The minimum atomic E-state index is -0.401. The van der Waals surface area contributed by atoms with E-state index in [1.54, 1.807) is 0 Å². The van der Waals surface area contributed by atoms with Gasteiger partial charge in [-0.2, -0.15) is 0 Å². The van der Waals surface area contributed by atoms with Crippen LogP contribution in [0.3, 0.4) is 0 Å². The Kier molecular flexibility index (Phi) is 7.09. The predicted octanol–water partition coefficient (Wildman–Crippen LogP) is 7.69. The van der Waals surface area contributed by atoms with E-state index in [-0.39, 0.29) is 0 Å². The van der Waals surface area contributed by atoms with E-state index < -0.39 is 15.8 Å². The molecule has 0 spiro atoms. The van der Waals surface area contributed by atoms with Gasteiger partial charge in [0.2, 0.25) is 0 Å². The summed E-state index contributed by atoms with van der Waals surface area (Å²) in [7, 11) is -0.802. The Hall–Kier alpha value is -2.26. The summed E-state index contributed by atoms with van der Waals surface area (Å²) in [6, 6.07) is 45.7. The maximum Gasteiger partial charge on any atom is -0.0166 e. The van der Waals surface area contributed by atoms with Crippen LogP contribution in [0.4, 0.5) is 0 Å². The van der Waals surface area contributed by atoms with Crippen molar-refractivity contribution >= 4 is 37.1 Å². The highest BCUT2D eigenvalue weighted by Gasteiger charge is 2.65. The Bertz CT molecular complexity index is 1210. The molecule has 4 aromatic rings. The molecule has 2 heteroatoms. The molecule has 0 N–H and O–H groups in total. The van der Waals surface area contributed by atoms with Crippen molar-refractivity contribution in [3.63, 3.8) is 0 Å². The summed E-state index contributed by atoms with van der Waals surface area (Å²) < 4.78 is 0. The molecule has 2 bridgehead atoms. The maximum atomic E-state index is 2.71. The highest BCUT2D eigenvalue weighted by Crippen LogP contribution is 2.73. The van der Waals surface area contributed by atoms with E-state index in [1.165, 1.54) is 52.8 Å². The first-order valence-corrected chi connectivity index (χ1v) is 16.9. The molecule has 0 aromatic heterocycles. The van der Waals surface area contributed by atoms with Gasteiger partial charge in [-0.15, -0.1) is 0 Å². The fraction of sp³-hybridized carbons (Fsp3) is 0.314. The molecule has 0 nitrogen and oxygen atoms in total. The van der Waals surface area contributed by atoms with Gasteiger partial charge in [0.25, 0.3) is 0 Å². The number of hydrogen-bond donors (Lipinski definition) is 0. The first-order valence-electron chi connectivity index (χ1n) is 13.9. The molecular formula is C35H38P2. The van der Waals surface area contributed by atoms with Crippen LogP contribution in [0.15, 0.2) is 121 Å². The van der Waals surface area contributed by atoms with E-state index in [2.05, 4.69) is 135 Å². The molecule has 4 aromatic carbocycles. The second-order valence-corrected chi connectivity index (χ2v) is 15.9. The Labute approximate surface area is 226 Å². The third-order valence-electron chi connectivity index (χ3n) is 9.76. The van der Waals surface area contributed by atoms with Crippen LogP contribution in [0, 0.1) is 22.7 Å². The molecule has 6 rings (SSSR count). The molecule has 4 atom stereocenters. The van der Waals surface area contributed by atoms with Crippen LogP contribution in [0.5, 0.6) is 0 Å². The van der Waals surface area contributed by atoms with Crippen LogP contribution < -0.4 is 21.2 Å². The largest absolute Gasteiger partial charge is 0.0622 e. The summed E-state index contributed by atoms with van der Waals surface area (Å²) >= 11 is 0. The zero-order valence-electron chi connectivity index (χ0n) is 22.1. The van der Waals surface area contributed by atoms with E-state index in [0.717, 1.165) is 11.8 Å². The van der Waals surface area contributed by atoms with Crippen LogP contribution >= 0.6 is 15.8 Å². The summed E-state index contributed by atoms with van der Waals surface area (Å²) in [6.07, 6.45) is 6.81. The zero-order chi connectivity index (χ0) is 25.3. The third-order valence-corrected chi connectivity index (χ3v) is 15.3. The third kappa shape index (κ3) is 4.52. The van der Waals surface area contributed by atoms with Crippen molar-refractivity contribution in [3.8, 4) is 0 Å². The van der Waals surface area contributed by atoms with Crippen molar-refractivity contribution in [2.75, 3.05) is 12.3 Å². The van der Waals surface area contributed by atoms with E-state index in [9.17, 15) is 0 Å². The molecule has 0 aliphatic heterocycles. The lowest BCUT2D eigenvalue weighted by atomic mass is 9.67. The van der Waals surface area contributed by atoms with Crippen molar-refractivity contribution in [1.29, 1.82) is 0 Å². The molecular weight excluding hydrogens is 482 g/mol. The summed E-state index contributed by atoms with van der Waals surface area (Å²) in [4.78, 5) is 0. The Morgan fingerprint density at radius 2 is 0.973 bits per heavy atom. The average Bonchev–Trinajstić information content (AvgIpc) is 3.34. The smallest absolute Gasteiger partial charge is 0.0166 e. The van der Waals surface area contributed by atoms with Crippen molar-refractivity contribution < 1.29 is 0 Å². The molecule has 0 radical (unpaired) electrons. The van der Waals surface area contributed by atoms with Crippen LogP contribution in [-0.2, 0) is 0 Å². The summed E-state index contributed by atoms with van der Waals surface area (Å²) in [5.74, 6) is 1.61. The van der Waals surface area contributed by atoms with Gasteiger partial charge in [-0.1, -0.05) is 135 Å². The van der Waals surface area contributed by atoms with Gasteiger partial charge in [-0.05, 0) is 91.3 Å². The highest BCUT2D eigenvalue weighted by atomic mass is 31.1. The van der Waals surface area contributed by atoms with E-state index >= 15 is 0 Å². The van der Waals surface area contributed by atoms with Crippen molar-refractivity contribution in [1.82, 2.24) is 0 Å². The van der Waals surface area contributed by atoms with Crippen molar-refractivity contribution in [2.45, 2.75) is 33.1 Å². The lowest BCUT2D eigenvalue weighted by Crippen LogP contribution is -2.44. The minimum Gasteiger partial charge on any atom is -0.0622 e. The molecule has 0 saturated heterocycles.